The van der Waals surface area contributed by atoms with E-state index in [1.54, 1.807) is 25.7 Å². The number of aromatic nitrogens is 2. The molecule has 1 aromatic carbocycles. The monoisotopic (exact) mass is 624 g/mol. The number of hydrazone groups is 1. The van der Waals surface area contributed by atoms with E-state index in [4.69, 9.17) is 38.8 Å². The van der Waals surface area contributed by atoms with E-state index in [1.807, 2.05) is 0 Å². The molecule has 0 radical (unpaired) electrons. The Morgan fingerprint density at radius 2 is 1.90 bits per heavy atom. The molecule has 1 saturated heterocycles. The molecule has 2 aromatic rings. The van der Waals surface area contributed by atoms with Gasteiger partial charge in [-0.25, -0.2) is 14.6 Å². The number of piperidine rings is 1. The lowest BCUT2D eigenvalue weighted by Gasteiger charge is -2.37. The molecule has 1 aromatic heterocycles. The van der Waals surface area contributed by atoms with Gasteiger partial charge in [-0.1, -0.05) is 23.2 Å². The lowest BCUT2D eigenvalue weighted by atomic mass is 9.96. The Bertz CT molecular complexity index is 1350. The Morgan fingerprint density at radius 1 is 1.19 bits per heavy atom. The van der Waals surface area contributed by atoms with E-state index in [9.17, 15) is 14.0 Å². The van der Waals surface area contributed by atoms with E-state index in [2.05, 4.69) is 25.6 Å². The molecule has 15 heteroatoms. The predicted octanol–water partition coefficient (Wildman–Crippen LogP) is 3.39. The first-order chi connectivity index (χ1) is 19.9. The van der Waals surface area contributed by atoms with Crippen LogP contribution in [0.1, 0.15) is 49.7 Å². The summed E-state index contributed by atoms with van der Waals surface area (Å²) in [6.07, 6.45) is 0.883. The summed E-state index contributed by atoms with van der Waals surface area (Å²) < 4.78 is 19.8. The molecule has 4 rings (SSSR count). The van der Waals surface area contributed by atoms with Crippen molar-refractivity contribution in [2.75, 3.05) is 49.1 Å². The molecule has 0 spiro atoms. The number of aliphatic hydroxyl groups is 1. The van der Waals surface area contributed by atoms with Gasteiger partial charge in [0.15, 0.2) is 11.5 Å². The minimum Gasteiger partial charge on any atom is -0.443 e. The standard InChI is InChI=1S/C27H35Cl2FN8O4/c1-27(2,3)42-26(41)38-11-10-37(15-17-18(28)4-5-19(30)22(17)29)21-14-20(32-34-24(21)38)25(40)35-33-23(31)16-6-8-36(9-7-16)12-13-39/h4-5,14,16,39H,6-13,15H2,1-3H3,(H2,31,33)(H,35,40). The number of benzene rings is 1. The number of halogens is 3. The van der Waals surface area contributed by atoms with Gasteiger partial charge in [0, 0.05) is 42.7 Å². The second-order valence-corrected chi connectivity index (χ2v) is 11.9. The molecule has 2 amide bonds. The highest BCUT2D eigenvalue weighted by Crippen LogP contribution is 2.36. The zero-order chi connectivity index (χ0) is 30.6. The Balaban J connectivity index is 1.58. The van der Waals surface area contributed by atoms with E-state index < -0.39 is 23.4 Å². The number of aliphatic hydroxyl groups excluding tert-OH is 1. The van der Waals surface area contributed by atoms with Crippen LogP contribution < -0.4 is 21.0 Å². The van der Waals surface area contributed by atoms with Crippen LogP contribution in [-0.4, -0.2) is 83.0 Å². The first-order valence-electron chi connectivity index (χ1n) is 13.6. The van der Waals surface area contributed by atoms with Crippen molar-refractivity contribution in [2.45, 2.75) is 45.8 Å². The maximum Gasteiger partial charge on any atom is 0.416 e. The molecule has 3 heterocycles. The van der Waals surface area contributed by atoms with Crippen LogP contribution in [0.25, 0.3) is 0 Å². The Kier molecular flexibility index (Phi) is 10.1. The summed E-state index contributed by atoms with van der Waals surface area (Å²) in [6.45, 7) is 8.05. The number of amides is 2. The average Bonchev–Trinajstić information content (AvgIpc) is 2.95. The largest absolute Gasteiger partial charge is 0.443 e. The Labute approximate surface area is 253 Å². The fourth-order valence-electron chi connectivity index (χ4n) is 4.78. The zero-order valence-corrected chi connectivity index (χ0v) is 25.3. The van der Waals surface area contributed by atoms with Gasteiger partial charge in [0.25, 0.3) is 5.91 Å². The van der Waals surface area contributed by atoms with Gasteiger partial charge in [-0.15, -0.1) is 10.2 Å². The number of carbonyl (C=O) groups excluding carboxylic acids is 2. The summed E-state index contributed by atoms with van der Waals surface area (Å²) in [6, 6.07) is 4.06. The molecule has 0 atom stereocenters. The predicted molar refractivity (Wildman–Crippen MR) is 158 cm³/mol. The number of anilines is 2. The average molecular weight is 626 g/mol. The van der Waals surface area contributed by atoms with E-state index in [0.29, 0.717) is 23.6 Å². The summed E-state index contributed by atoms with van der Waals surface area (Å²) in [5.74, 6) is -0.818. The number of nitrogens with two attached hydrogens (primary N) is 1. The molecule has 0 saturated carbocycles. The van der Waals surface area contributed by atoms with Crippen molar-refractivity contribution in [1.29, 1.82) is 0 Å². The van der Waals surface area contributed by atoms with Crippen LogP contribution >= 0.6 is 23.2 Å². The third kappa shape index (κ3) is 7.57. The smallest absolute Gasteiger partial charge is 0.416 e. The van der Waals surface area contributed by atoms with Crippen molar-refractivity contribution in [3.63, 3.8) is 0 Å². The third-order valence-electron chi connectivity index (χ3n) is 6.99. The first-order valence-corrected chi connectivity index (χ1v) is 14.4. The summed E-state index contributed by atoms with van der Waals surface area (Å²) in [7, 11) is 0. The number of rotatable bonds is 7. The number of nitrogens with one attached hydrogen (secondary N) is 1. The van der Waals surface area contributed by atoms with Gasteiger partial charge in [0.2, 0.25) is 0 Å². The van der Waals surface area contributed by atoms with E-state index in [-0.39, 0.29) is 53.7 Å². The number of hydrogen-bond acceptors (Lipinski definition) is 9. The summed E-state index contributed by atoms with van der Waals surface area (Å²) in [5, 5.41) is 21.6. The number of hydrogen-bond donors (Lipinski definition) is 3. The van der Waals surface area contributed by atoms with Crippen molar-refractivity contribution in [2.24, 2.45) is 16.8 Å². The van der Waals surface area contributed by atoms with Crippen molar-refractivity contribution < 1.29 is 23.8 Å². The van der Waals surface area contributed by atoms with Crippen LogP contribution in [0.3, 0.4) is 0 Å². The lowest BCUT2D eigenvalue weighted by Crippen LogP contribution is -2.46. The Morgan fingerprint density at radius 3 is 2.57 bits per heavy atom. The highest BCUT2D eigenvalue weighted by Gasteiger charge is 2.33. The van der Waals surface area contributed by atoms with Gasteiger partial charge in [0.1, 0.15) is 17.3 Å². The van der Waals surface area contributed by atoms with Crippen LogP contribution in [0.15, 0.2) is 23.3 Å². The van der Waals surface area contributed by atoms with Gasteiger partial charge in [-0.3, -0.25) is 9.69 Å². The van der Waals surface area contributed by atoms with Gasteiger partial charge >= 0.3 is 6.09 Å². The number of fused-ring (bicyclic) bond motifs is 1. The maximum atomic E-state index is 14.3. The molecule has 4 N–H and O–H groups in total. The normalized spacial score (nSPS) is 16.8. The minimum atomic E-state index is -0.752. The van der Waals surface area contributed by atoms with Crippen molar-refractivity contribution in [1.82, 2.24) is 20.5 Å². The maximum absolute atomic E-state index is 14.3. The van der Waals surface area contributed by atoms with Crippen molar-refractivity contribution >= 4 is 52.5 Å². The number of likely N-dealkylation sites (tertiary alicyclic amines) is 1. The molecule has 228 valence electrons. The van der Waals surface area contributed by atoms with E-state index in [0.717, 1.165) is 25.9 Å². The zero-order valence-electron chi connectivity index (χ0n) is 23.7. The number of carbonyl (C=O) groups is 2. The number of nitrogens with zero attached hydrogens (tertiary/aromatic N) is 6. The minimum absolute atomic E-state index is 0.00602. The SMILES string of the molecule is CC(C)(C)OC(=O)N1CCN(Cc2c(Cl)ccc(F)c2Cl)c2cc(C(=O)NN=C(N)C3CCN(CCO)CC3)nnc21. The highest BCUT2D eigenvalue weighted by atomic mass is 35.5. The molecular weight excluding hydrogens is 590 g/mol. The summed E-state index contributed by atoms with van der Waals surface area (Å²) in [5.41, 5.74) is 8.51. The fourth-order valence-corrected chi connectivity index (χ4v) is 5.27. The molecule has 2 aliphatic heterocycles. The highest BCUT2D eigenvalue weighted by molar-refractivity contribution is 6.36. The summed E-state index contributed by atoms with van der Waals surface area (Å²) >= 11 is 12.6. The summed E-state index contributed by atoms with van der Waals surface area (Å²) in [4.78, 5) is 31.3. The number of ether oxygens (including phenoxy) is 1. The lowest BCUT2D eigenvalue weighted by molar-refractivity contribution is 0.0578. The quantitative estimate of drug-likeness (QED) is 0.182. The molecule has 0 aliphatic carbocycles. The second-order valence-electron chi connectivity index (χ2n) is 11.1. The van der Waals surface area contributed by atoms with Crippen LogP contribution in [0, 0.1) is 11.7 Å². The van der Waals surface area contributed by atoms with Gasteiger partial charge < -0.3 is 25.4 Å². The van der Waals surface area contributed by atoms with Gasteiger partial charge in [-0.05, 0) is 64.9 Å². The number of β-amino-alcohol motifs (C(OH)–C–C–N with tert-alkyl or cyclic N) is 1. The topological polar surface area (TPSA) is 150 Å². The van der Waals surface area contributed by atoms with Crippen molar-refractivity contribution in [3.8, 4) is 0 Å². The third-order valence-corrected chi connectivity index (χ3v) is 7.75. The molecule has 12 nitrogen and oxygen atoms in total. The van der Waals surface area contributed by atoms with Gasteiger partial charge in [0.05, 0.1) is 17.3 Å². The molecule has 0 unspecified atom stereocenters. The molecule has 0 bridgehead atoms. The van der Waals surface area contributed by atoms with Crippen molar-refractivity contribution in [3.05, 3.63) is 45.3 Å². The fraction of sp³-hybridized carbons (Fsp3) is 0.519. The van der Waals surface area contributed by atoms with Crippen LogP contribution in [0.2, 0.25) is 10.0 Å². The molecule has 2 aliphatic rings. The van der Waals surface area contributed by atoms with E-state index in [1.165, 1.54) is 23.1 Å². The Hall–Kier alpha value is -3.26. The second kappa shape index (κ2) is 13.4. The molecule has 42 heavy (non-hydrogen) atoms. The van der Waals surface area contributed by atoms with Crippen LogP contribution in [0.4, 0.5) is 20.7 Å². The first kappa shape index (κ1) is 31.7. The van der Waals surface area contributed by atoms with Crippen LogP contribution in [-0.2, 0) is 11.3 Å². The molecule has 1 fully saturated rings. The molecular formula is C27H35Cl2FN8O4. The van der Waals surface area contributed by atoms with Gasteiger partial charge in [-0.2, -0.15) is 5.10 Å². The van der Waals surface area contributed by atoms with Crippen LogP contribution in [0.5, 0.6) is 0 Å². The van der Waals surface area contributed by atoms with E-state index >= 15 is 0 Å². The number of amidine groups is 1.